The van der Waals surface area contributed by atoms with Gasteiger partial charge in [-0.25, -0.2) is 4.57 Å². The van der Waals surface area contributed by atoms with E-state index in [1.807, 2.05) is 31.2 Å². The molecule has 0 fully saturated rings. The summed E-state index contributed by atoms with van der Waals surface area (Å²) < 4.78 is 61.4. The molecular formula is C22H29F3NO6P. The number of nitrogens with two attached hydrogens (primary N) is 1. The zero-order valence-corrected chi connectivity index (χ0v) is 19.1. The van der Waals surface area contributed by atoms with Gasteiger partial charge in [-0.05, 0) is 55.9 Å². The molecule has 0 aromatic heterocycles. The largest absolute Gasteiger partial charge is 0.493 e. The van der Waals surface area contributed by atoms with Crippen molar-refractivity contribution in [2.75, 3.05) is 19.8 Å². The van der Waals surface area contributed by atoms with Gasteiger partial charge < -0.3 is 25.4 Å². The molecule has 1 unspecified atom stereocenters. The van der Waals surface area contributed by atoms with Crippen molar-refractivity contribution < 1.29 is 41.9 Å². The van der Waals surface area contributed by atoms with Crippen LogP contribution in [0.1, 0.15) is 35.1 Å². The second-order valence-corrected chi connectivity index (χ2v) is 9.29. The lowest BCUT2D eigenvalue weighted by Gasteiger charge is -2.27. The van der Waals surface area contributed by atoms with Gasteiger partial charge in [-0.3, -0.25) is 4.52 Å². The van der Waals surface area contributed by atoms with Crippen LogP contribution in [-0.2, 0) is 28.1 Å². The number of hydrogen-bond acceptors (Lipinski definition) is 5. The van der Waals surface area contributed by atoms with Gasteiger partial charge in [-0.15, -0.1) is 0 Å². The van der Waals surface area contributed by atoms with E-state index < -0.39 is 38.3 Å². The van der Waals surface area contributed by atoms with Crippen molar-refractivity contribution in [1.82, 2.24) is 0 Å². The monoisotopic (exact) mass is 491 g/mol. The van der Waals surface area contributed by atoms with E-state index in [1.165, 1.54) is 12.1 Å². The lowest BCUT2D eigenvalue weighted by atomic mass is 9.93. The number of rotatable bonds is 12. The maximum absolute atomic E-state index is 13.6. The summed E-state index contributed by atoms with van der Waals surface area (Å²) in [6.45, 7) is 0.776. The Morgan fingerprint density at radius 1 is 1.03 bits per heavy atom. The van der Waals surface area contributed by atoms with Crippen LogP contribution in [0.3, 0.4) is 0 Å². The highest BCUT2D eigenvalue weighted by Crippen LogP contribution is 2.38. The quantitative estimate of drug-likeness (QED) is 0.263. The van der Waals surface area contributed by atoms with Crippen molar-refractivity contribution in [2.45, 2.75) is 44.3 Å². The number of benzene rings is 2. The molecular weight excluding hydrogens is 462 g/mol. The maximum atomic E-state index is 13.6. The van der Waals surface area contributed by atoms with Crippen LogP contribution < -0.4 is 10.5 Å². The van der Waals surface area contributed by atoms with E-state index >= 15 is 0 Å². The number of phosphoric acid groups is 1. The van der Waals surface area contributed by atoms with Gasteiger partial charge in [-0.1, -0.05) is 35.9 Å². The molecule has 1 atom stereocenters. The molecule has 0 saturated carbocycles. The minimum atomic E-state index is -4.80. The third-order valence-corrected chi connectivity index (χ3v) is 5.55. The molecule has 0 radical (unpaired) electrons. The van der Waals surface area contributed by atoms with Crippen molar-refractivity contribution in [3.05, 3.63) is 64.7 Å². The first-order chi connectivity index (χ1) is 15.3. The summed E-state index contributed by atoms with van der Waals surface area (Å²) in [5.41, 5.74) is 5.92. The predicted octanol–water partition coefficient (Wildman–Crippen LogP) is 3.76. The van der Waals surface area contributed by atoms with Crippen LogP contribution in [0.25, 0.3) is 0 Å². The van der Waals surface area contributed by atoms with E-state index in [1.54, 1.807) is 0 Å². The third-order valence-electron chi connectivity index (χ3n) is 5.08. The number of aliphatic hydroxyl groups is 1. The molecule has 7 nitrogen and oxygen atoms in total. The van der Waals surface area contributed by atoms with Crippen LogP contribution in [0.4, 0.5) is 13.2 Å². The number of phosphoric ester groups is 1. The minimum absolute atomic E-state index is 0.0262. The molecule has 5 N–H and O–H groups in total. The smallest absolute Gasteiger partial charge is 0.469 e. The molecule has 33 heavy (non-hydrogen) atoms. The molecule has 0 bridgehead atoms. The Kier molecular flexibility index (Phi) is 9.48. The molecule has 0 spiro atoms. The molecule has 0 aliphatic heterocycles. The Labute approximate surface area is 190 Å². The van der Waals surface area contributed by atoms with E-state index in [0.29, 0.717) is 12.8 Å². The van der Waals surface area contributed by atoms with E-state index in [-0.39, 0.29) is 30.8 Å². The highest BCUT2D eigenvalue weighted by Gasteiger charge is 2.35. The highest BCUT2D eigenvalue weighted by atomic mass is 31.2. The Morgan fingerprint density at radius 2 is 1.67 bits per heavy atom. The van der Waals surface area contributed by atoms with Gasteiger partial charge in [0, 0.05) is 0 Å². The average Bonchev–Trinajstić information content (AvgIpc) is 2.74. The van der Waals surface area contributed by atoms with Crippen LogP contribution in [0.5, 0.6) is 5.75 Å². The standard InChI is InChI=1S/C22H29F3NO6P/c1-16-4-6-17(7-5-16)3-2-12-31-20-9-8-18(13-19(20)22(23,24)25)10-11-21(26,14-27)15-32-33(28,29)30/h4-9,13,27H,2-3,10-12,14-15,26H2,1H3,(H2,28,29,30). The number of aliphatic hydroxyl groups excluding tert-OH is 1. The fourth-order valence-corrected chi connectivity index (χ4v) is 3.52. The zero-order chi connectivity index (χ0) is 24.7. The van der Waals surface area contributed by atoms with E-state index in [9.17, 15) is 22.8 Å². The first-order valence-corrected chi connectivity index (χ1v) is 11.8. The SMILES string of the molecule is Cc1ccc(CCCOc2ccc(CCC(N)(CO)COP(=O)(O)O)cc2C(F)(F)F)cc1. The van der Waals surface area contributed by atoms with Gasteiger partial charge in [-0.2, -0.15) is 13.2 Å². The van der Waals surface area contributed by atoms with Gasteiger partial charge >= 0.3 is 14.0 Å². The van der Waals surface area contributed by atoms with Crippen LogP contribution >= 0.6 is 7.82 Å². The van der Waals surface area contributed by atoms with Gasteiger partial charge in [0.2, 0.25) is 0 Å². The molecule has 0 saturated heterocycles. The lowest BCUT2D eigenvalue weighted by molar-refractivity contribution is -0.139. The Bertz CT molecular complexity index is 948. The van der Waals surface area contributed by atoms with Gasteiger partial charge in [0.15, 0.2) is 0 Å². The van der Waals surface area contributed by atoms with Crippen molar-refractivity contribution in [3.63, 3.8) is 0 Å². The van der Waals surface area contributed by atoms with Crippen molar-refractivity contribution in [2.24, 2.45) is 5.73 Å². The van der Waals surface area contributed by atoms with Crippen molar-refractivity contribution in [1.29, 1.82) is 0 Å². The summed E-state index contributed by atoms with van der Waals surface area (Å²) in [6, 6.07) is 11.6. The molecule has 0 heterocycles. The highest BCUT2D eigenvalue weighted by molar-refractivity contribution is 7.46. The fourth-order valence-electron chi connectivity index (χ4n) is 3.10. The summed E-state index contributed by atoms with van der Waals surface area (Å²) in [4.78, 5) is 17.6. The lowest BCUT2D eigenvalue weighted by Crippen LogP contribution is -2.48. The van der Waals surface area contributed by atoms with Gasteiger partial charge in [0.25, 0.3) is 0 Å². The van der Waals surface area contributed by atoms with Crippen LogP contribution in [0.15, 0.2) is 42.5 Å². The molecule has 2 aromatic carbocycles. The topological polar surface area (TPSA) is 122 Å². The molecule has 0 aliphatic carbocycles. The zero-order valence-electron chi connectivity index (χ0n) is 18.2. The van der Waals surface area contributed by atoms with Crippen LogP contribution in [0.2, 0.25) is 0 Å². The Morgan fingerprint density at radius 3 is 2.24 bits per heavy atom. The minimum Gasteiger partial charge on any atom is -0.493 e. The van der Waals surface area contributed by atoms with E-state index in [4.69, 9.17) is 20.3 Å². The van der Waals surface area contributed by atoms with Crippen LogP contribution in [0, 0.1) is 6.92 Å². The summed E-state index contributed by atoms with van der Waals surface area (Å²) >= 11 is 0. The number of alkyl halides is 3. The second-order valence-electron chi connectivity index (χ2n) is 8.05. The van der Waals surface area contributed by atoms with Crippen molar-refractivity contribution >= 4 is 7.82 Å². The maximum Gasteiger partial charge on any atom is 0.469 e. The Balaban J connectivity index is 2.01. The second kappa shape index (κ2) is 11.5. The first kappa shape index (κ1) is 27.3. The molecule has 2 rings (SSSR count). The predicted molar refractivity (Wildman–Crippen MR) is 117 cm³/mol. The average molecular weight is 491 g/mol. The van der Waals surface area contributed by atoms with Crippen molar-refractivity contribution in [3.8, 4) is 5.75 Å². The molecule has 0 aliphatic rings. The van der Waals surface area contributed by atoms with E-state index in [2.05, 4.69) is 4.52 Å². The molecule has 0 amide bonds. The van der Waals surface area contributed by atoms with Crippen LogP contribution in [-0.4, -0.2) is 40.3 Å². The molecule has 184 valence electrons. The summed E-state index contributed by atoms with van der Waals surface area (Å²) in [7, 11) is -4.80. The number of ether oxygens (including phenoxy) is 1. The number of aryl methyl sites for hydroxylation is 3. The fraction of sp³-hybridized carbons (Fsp3) is 0.455. The summed E-state index contributed by atoms with van der Waals surface area (Å²) in [5.74, 6) is -0.277. The molecule has 2 aromatic rings. The van der Waals surface area contributed by atoms with Gasteiger partial charge in [0.05, 0.1) is 30.9 Å². The van der Waals surface area contributed by atoms with E-state index in [0.717, 1.165) is 17.2 Å². The number of halogens is 3. The third kappa shape index (κ3) is 9.44. The number of hydrogen-bond donors (Lipinski definition) is 4. The van der Waals surface area contributed by atoms with Gasteiger partial charge in [0.1, 0.15) is 5.75 Å². The normalized spacial score (nSPS) is 14.2. The first-order valence-electron chi connectivity index (χ1n) is 10.3. The Hall–Kier alpha value is -1.94. The summed E-state index contributed by atoms with van der Waals surface area (Å²) in [6.07, 6.45) is -3.44. The summed E-state index contributed by atoms with van der Waals surface area (Å²) in [5, 5.41) is 9.45. The molecule has 11 heteroatoms.